The Kier molecular flexibility index (Phi) is 4.92. The molecule has 2 aromatic rings. The molecule has 0 fully saturated rings. The van der Waals surface area contributed by atoms with Gasteiger partial charge in [-0.05, 0) is 11.6 Å². The maximum Gasteiger partial charge on any atom is 0.288 e. The van der Waals surface area contributed by atoms with Crippen molar-refractivity contribution in [3.05, 3.63) is 48.4 Å². The van der Waals surface area contributed by atoms with Crippen LogP contribution in [0, 0.1) is 0 Å². The number of carbonyl (C=O) groups is 1. The summed E-state index contributed by atoms with van der Waals surface area (Å²) in [5, 5.41) is 11.8. The molecule has 0 spiro atoms. The fraction of sp³-hybridized carbons (Fsp3) is 0.267. The Morgan fingerprint density at radius 3 is 2.75 bits per heavy atom. The Balaban J connectivity index is 2.18. The van der Waals surface area contributed by atoms with Crippen LogP contribution in [0.4, 0.5) is 0 Å². The lowest BCUT2D eigenvalue weighted by molar-refractivity contribution is 0.0815. The summed E-state index contributed by atoms with van der Waals surface area (Å²) in [6.07, 6.45) is 1.47. The first-order valence-corrected chi connectivity index (χ1v) is 6.29. The smallest absolute Gasteiger partial charge is 0.288 e. The predicted octanol–water partition coefficient (Wildman–Crippen LogP) is 1.68. The molecule has 106 valence electrons. The third-order valence-corrected chi connectivity index (χ3v) is 2.88. The minimum Gasteiger partial charge on any atom is -0.459 e. The lowest BCUT2D eigenvalue weighted by Gasteiger charge is -2.14. The Hall–Kier alpha value is -2.11. The van der Waals surface area contributed by atoms with Crippen LogP contribution in [0.3, 0.4) is 0 Å². The standard InChI is InChI=1S/C15H17NO4/c1-19-10-12(9-17)16-15(18)14-13(7-8-20-14)11-5-3-2-4-6-11/h2-8,12,17H,9-10H2,1H3,(H,16,18). The van der Waals surface area contributed by atoms with Gasteiger partial charge in [-0.15, -0.1) is 0 Å². The molecule has 1 unspecified atom stereocenters. The van der Waals surface area contributed by atoms with Gasteiger partial charge in [0.15, 0.2) is 5.76 Å². The predicted molar refractivity (Wildman–Crippen MR) is 74.4 cm³/mol. The minimum atomic E-state index is -0.457. The van der Waals surface area contributed by atoms with Gasteiger partial charge in [0.25, 0.3) is 5.91 Å². The van der Waals surface area contributed by atoms with Crippen molar-refractivity contribution in [1.82, 2.24) is 5.32 Å². The molecule has 0 saturated carbocycles. The number of nitrogens with one attached hydrogen (secondary N) is 1. The fourth-order valence-corrected chi connectivity index (χ4v) is 1.92. The molecule has 1 heterocycles. The lowest BCUT2D eigenvalue weighted by atomic mass is 10.1. The van der Waals surface area contributed by atoms with Crippen LogP contribution in [0.2, 0.25) is 0 Å². The van der Waals surface area contributed by atoms with Crippen LogP contribution in [-0.2, 0) is 4.74 Å². The molecule has 0 aliphatic carbocycles. The molecule has 20 heavy (non-hydrogen) atoms. The van der Waals surface area contributed by atoms with E-state index in [1.807, 2.05) is 30.3 Å². The highest BCUT2D eigenvalue weighted by Gasteiger charge is 2.19. The van der Waals surface area contributed by atoms with E-state index in [4.69, 9.17) is 14.3 Å². The van der Waals surface area contributed by atoms with E-state index in [2.05, 4.69) is 5.32 Å². The molecule has 1 amide bonds. The Morgan fingerprint density at radius 1 is 1.35 bits per heavy atom. The van der Waals surface area contributed by atoms with E-state index in [-0.39, 0.29) is 24.9 Å². The van der Waals surface area contributed by atoms with E-state index in [0.717, 1.165) is 11.1 Å². The number of ether oxygens (including phenoxy) is 1. The van der Waals surface area contributed by atoms with Crippen molar-refractivity contribution < 1.29 is 19.1 Å². The van der Waals surface area contributed by atoms with Crippen LogP contribution in [0.15, 0.2) is 47.1 Å². The number of rotatable bonds is 6. The second-order valence-electron chi connectivity index (χ2n) is 4.34. The highest BCUT2D eigenvalue weighted by atomic mass is 16.5. The number of methoxy groups -OCH3 is 1. The first kappa shape index (κ1) is 14.3. The molecule has 0 bridgehead atoms. The third-order valence-electron chi connectivity index (χ3n) is 2.88. The summed E-state index contributed by atoms with van der Waals surface area (Å²) in [7, 11) is 1.51. The van der Waals surface area contributed by atoms with Crippen molar-refractivity contribution in [3.63, 3.8) is 0 Å². The lowest BCUT2D eigenvalue weighted by Crippen LogP contribution is -2.40. The largest absolute Gasteiger partial charge is 0.459 e. The quantitative estimate of drug-likeness (QED) is 0.841. The van der Waals surface area contributed by atoms with Crippen molar-refractivity contribution in [1.29, 1.82) is 0 Å². The van der Waals surface area contributed by atoms with Crippen LogP contribution >= 0.6 is 0 Å². The van der Waals surface area contributed by atoms with Crippen LogP contribution in [0.5, 0.6) is 0 Å². The third kappa shape index (κ3) is 3.26. The highest BCUT2D eigenvalue weighted by Crippen LogP contribution is 2.24. The second-order valence-corrected chi connectivity index (χ2v) is 4.34. The van der Waals surface area contributed by atoms with Crippen LogP contribution in [-0.4, -0.2) is 37.4 Å². The van der Waals surface area contributed by atoms with Gasteiger partial charge in [-0.3, -0.25) is 4.79 Å². The van der Waals surface area contributed by atoms with Gasteiger partial charge >= 0.3 is 0 Å². The monoisotopic (exact) mass is 275 g/mol. The summed E-state index contributed by atoms with van der Waals surface area (Å²) in [6, 6.07) is 10.8. The van der Waals surface area contributed by atoms with E-state index in [0.29, 0.717) is 0 Å². The molecule has 1 aromatic carbocycles. The van der Waals surface area contributed by atoms with Gasteiger partial charge in [-0.2, -0.15) is 0 Å². The highest BCUT2D eigenvalue weighted by molar-refractivity contribution is 5.98. The molecule has 1 atom stereocenters. The molecule has 5 heteroatoms. The average molecular weight is 275 g/mol. The summed E-state index contributed by atoms with van der Waals surface area (Å²) in [4.78, 5) is 12.2. The number of aliphatic hydroxyl groups excluding tert-OH is 1. The average Bonchev–Trinajstić information content (AvgIpc) is 2.97. The normalized spacial score (nSPS) is 12.1. The van der Waals surface area contributed by atoms with Crippen LogP contribution < -0.4 is 5.32 Å². The Bertz CT molecular complexity index is 550. The van der Waals surface area contributed by atoms with E-state index in [9.17, 15) is 4.79 Å². The zero-order chi connectivity index (χ0) is 14.4. The Labute approximate surface area is 117 Å². The van der Waals surface area contributed by atoms with E-state index < -0.39 is 6.04 Å². The van der Waals surface area contributed by atoms with E-state index in [1.54, 1.807) is 6.07 Å². The summed E-state index contributed by atoms with van der Waals surface area (Å²) < 4.78 is 10.2. The number of carbonyl (C=O) groups excluding carboxylic acids is 1. The number of hydrogen-bond donors (Lipinski definition) is 2. The van der Waals surface area contributed by atoms with Gasteiger partial charge in [-0.1, -0.05) is 30.3 Å². The molecule has 2 rings (SSSR count). The summed E-state index contributed by atoms with van der Waals surface area (Å²) >= 11 is 0. The second kappa shape index (κ2) is 6.88. The van der Waals surface area contributed by atoms with Crippen molar-refractivity contribution in [2.75, 3.05) is 20.3 Å². The molecule has 0 radical (unpaired) electrons. The van der Waals surface area contributed by atoms with Gasteiger partial charge < -0.3 is 19.6 Å². The van der Waals surface area contributed by atoms with Gasteiger partial charge in [0.1, 0.15) is 0 Å². The van der Waals surface area contributed by atoms with Crippen molar-refractivity contribution >= 4 is 5.91 Å². The molecule has 5 nitrogen and oxygen atoms in total. The molecule has 0 aliphatic rings. The minimum absolute atomic E-state index is 0.193. The first-order valence-electron chi connectivity index (χ1n) is 6.29. The van der Waals surface area contributed by atoms with Crippen LogP contribution in [0.1, 0.15) is 10.6 Å². The van der Waals surface area contributed by atoms with Gasteiger partial charge in [0, 0.05) is 12.7 Å². The fourth-order valence-electron chi connectivity index (χ4n) is 1.92. The molecular weight excluding hydrogens is 258 g/mol. The number of amides is 1. The van der Waals surface area contributed by atoms with Gasteiger partial charge in [-0.25, -0.2) is 0 Å². The summed E-state index contributed by atoms with van der Waals surface area (Å²) in [6.45, 7) is 0.0462. The summed E-state index contributed by atoms with van der Waals surface area (Å²) in [5.74, 6) is -0.143. The maximum absolute atomic E-state index is 12.2. The van der Waals surface area contributed by atoms with Crippen molar-refractivity contribution in [2.24, 2.45) is 0 Å². The van der Waals surface area contributed by atoms with E-state index in [1.165, 1.54) is 13.4 Å². The number of benzene rings is 1. The van der Waals surface area contributed by atoms with Gasteiger partial charge in [0.2, 0.25) is 0 Å². The van der Waals surface area contributed by atoms with Crippen molar-refractivity contribution in [3.8, 4) is 11.1 Å². The van der Waals surface area contributed by atoms with E-state index >= 15 is 0 Å². The summed E-state index contributed by atoms with van der Waals surface area (Å²) in [5.41, 5.74) is 1.62. The zero-order valence-electron chi connectivity index (χ0n) is 11.2. The molecule has 2 N–H and O–H groups in total. The molecular formula is C15H17NO4. The van der Waals surface area contributed by atoms with Crippen molar-refractivity contribution in [2.45, 2.75) is 6.04 Å². The molecule has 0 aliphatic heterocycles. The SMILES string of the molecule is COCC(CO)NC(=O)c1occc1-c1ccccc1. The van der Waals surface area contributed by atoms with Gasteiger partial charge in [0.05, 0.1) is 25.5 Å². The number of furan rings is 1. The maximum atomic E-state index is 12.2. The zero-order valence-corrected chi connectivity index (χ0v) is 11.2. The topological polar surface area (TPSA) is 71.7 Å². The number of hydrogen-bond acceptors (Lipinski definition) is 4. The van der Waals surface area contributed by atoms with Crippen LogP contribution in [0.25, 0.3) is 11.1 Å². The Morgan fingerprint density at radius 2 is 2.10 bits per heavy atom. The molecule has 1 aromatic heterocycles. The number of aliphatic hydroxyl groups is 1. The molecule has 0 saturated heterocycles. The first-order chi connectivity index (χ1) is 9.76.